The monoisotopic (exact) mass is 296 g/mol. The fourth-order valence-electron chi connectivity index (χ4n) is 1.50. The van der Waals surface area contributed by atoms with Crippen molar-refractivity contribution in [2.24, 2.45) is 0 Å². The molecule has 1 N–H and O–H groups in total. The average Bonchev–Trinajstić information content (AvgIpc) is 2.81. The van der Waals surface area contributed by atoms with Gasteiger partial charge in [0.05, 0.1) is 17.0 Å². The summed E-state index contributed by atoms with van der Waals surface area (Å²) in [5.74, 6) is 0.120. The first-order chi connectivity index (χ1) is 9.49. The van der Waals surface area contributed by atoms with E-state index in [0.717, 1.165) is 0 Å². The van der Waals surface area contributed by atoms with E-state index in [9.17, 15) is 14.9 Å². The van der Waals surface area contributed by atoms with Crippen molar-refractivity contribution in [3.63, 3.8) is 0 Å². The zero-order chi connectivity index (χ0) is 14.7. The van der Waals surface area contributed by atoms with Gasteiger partial charge < -0.3 is 9.84 Å². The first kappa shape index (κ1) is 13.9. The third-order valence-electron chi connectivity index (χ3n) is 2.39. The Morgan fingerprint density at radius 2 is 2.30 bits per heavy atom. The summed E-state index contributed by atoms with van der Waals surface area (Å²) in [5.41, 5.74) is -0.315. The van der Waals surface area contributed by atoms with Crippen molar-refractivity contribution in [1.29, 1.82) is 0 Å². The smallest absolute Gasteiger partial charge is 0.288 e. The molecule has 9 heteroatoms. The predicted octanol–water partition coefficient (Wildman–Crippen LogP) is 1.87. The van der Waals surface area contributed by atoms with Gasteiger partial charge in [-0.1, -0.05) is 22.8 Å². The molecule has 0 bridgehead atoms. The molecule has 20 heavy (non-hydrogen) atoms. The number of nitro groups is 1. The largest absolute Gasteiger partial charge is 0.343 e. The van der Waals surface area contributed by atoms with Crippen LogP contribution in [0.1, 0.15) is 22.1 Å². The lowest BCUT2D eigenvalue weighted by molar-refractivity contribution is -0.384. The highest BCUT2D eigenvalue weighted by Crippen LogP contribution is 2.27. The minimum Gasteiger partial charge on any atom is -0.343 e. The molecule has 0 saturated carbocycles. The maximum absolute atomic E-state index is 11.9. The minimum atomic E-state index is -0.652. The highest BCUT2D eigenvalue weighted by Gasteiger charge is 2.20. The van der Waals surface area contributed by atoms with Crippen LogP contribution in [0.3, 0.4) is 0 Å². The Morgan fingerprint density at radius 1 is 1.55 bits per heavy atom. The molecular formula is C11H9ClN4O4. The summed E-state index contributed by atoms with van der Waals surface area (Å²) in [6.45, 7) is 1.66. The van der Waals surface area contributed by atoms with E-state index in [1.54, 1.807) is 6.92 Å². The van der Waals surface area contributed by atoms with Crippen LogP contribution < -0.4 is 5.32 Å². The van der Waals surface area contributed by atoms with Crippen molar-refractivity contribution in [3.05, 3.63) is 50.6 Å². The lowest BCUT2D eigenvalue weighted by atomic mass is 10.2. The van der Waals surface area contributed by atoms with Gasteiger partial charge in [0, 0.05) is 6.07 Å². The van der Waals surface area contributed by atoms with Crippen molar-refractivity contribution in [3.8, 4) is 0 Å². The highest BCUT2D eigenvalue weighted by molar-refractivity contribution is 6.35. The van der Waals surface area contributed by atoms with Gasteiger partial charge in [0.25, 0.3) is 11.6 Å². The van der Waals surface area contributed by atoms with Gasteiger partial charge in [-0.2, -0.15) is 4.98 Å². The Kier molecular flexibility index (Phi) is 3.94. The summed E-state index contributed by atoms with van der Waals surface area (Å²) in [4.78, 5) is 25.9. The average molecular weight is 297 g/mol. The Hall–Kier alpha value is -2.48. The number of aromatic nitrogens is 2. The SMILES string of the molecule is Cc1noc(CNC(=O)c2cccc([N+](=O)[O-])c2Cl)n1. The van der Waals surface area contributed by atoms with Crippen molar-refractivity contribution in [1.82, 2.24) is 15.5 Å². The normalized spacial score (nSPS) is 10.3. The summed E-state index contributed by atoms with van der Waals surface area (Å²) >= 11 is 5.83. The van der Waals surface area contributed by atoms with Crippen LogP contribution >= 0.6 is 11.6 Å². The molecule has 2 rings (SSSR count). The number of carbonyl (C=O) groups excluding carboxylic acids is 1. The quantitative estimate of drug-likeness (QED) is 0.681. The molecule has 1 amide bonds. The number of hydrogen-bond donors (Lipinski definition) is 1. The van der Waals surface area contributed by atoms with Crippen LogP contribution in [0.2, 0.25) is 5.02 Å². The molecule has 8 nitrogen and oxygen atoms in total. The molecular weight excluding hydrogens is 288 g/mol. The minimum absolute atomic E-state index is 0.0112. The molecule has 1 aromatic heterocycles. The van der Waals surface area contributed by atoms with E-state index in [2.05, 4.69) is 15.5 Å². The molecule has 0 aliphatic rings. The topological polar surface area (TPSA) is 111 Å². The van der Waals surface area contributed by atoms with Crippen LogP contribution in [-0.4, -0.2) is 21.0 Å². The molecule has 104 valence electrons. The van der Waals surface area contributed by atoms with E-state index in [0.29, 0.717) is 5.82 Å². The van der Waals surface area contributed by atoms with Crippen molar-refractivity contribution in [2.75, 3.05) is 0 Å². The van der Waals surface area contributed by atoms with Gasteiger partial charge in [-0.05, 0) is 13.0 Å². The van der Waals surface area contributed by atoms with Gasteiger partial charge in [-0.3, -0.25) is 14.9 Å². The van der Waals surface area contributed by atoms with Gasteiger partial charge in [0.1, 0.15) is 5.02 Å². The molecule has 0 atom stereocenters. The second-order valence-electron chi connectivity index (χ2n) is 3.81. The molecule has 0 spiro atoms. The molecule has 0 aliphatic carbocycles. The van der Waals surface area contributed by atoms with Gasteiger partial charge in [0.2, 0.25) is 5.89 Å². The van der Waals surface area contributed by atoms with Crippen LogP contribution in [0.25, 0.3) is 0 Å². The zero-order valence-corrected chi connectivity index (χ0v) is 11.0. The number of benzene rings is 1. The van der Waals surface area contributed by atoms with Crippen LogP contribution in [0.4, 0.5) is 5.69 Å². The Labute approximate surface area is 117 Å². The number of carbonyl (C=O) groups is 1. The van der Waals surface area contributed by atoms with Gasteiger partial charge >= 0.3 is 0 Å². The van der Waals surface area contributed by atoms with Gasteiger partial charge in [0.15, 0.2) is 5.82 Å². The number of amides is 1. The van der Waals surface area contributed by atoms with E-state index in [4.69, 9.17) is 16.1 Å². The van der Waals surface area contributed by atoms with Gasteiger partial charge in [-0.15, -0.1) is 0 Å². The molecule has 0 aliphatic heterocycles. The number of nitrogens with zero attached hydrogens (tertiary/aromatic N) is 3. The summed E-state index contributed by atoms with van der Waals surface area (Å²) in [6.07, 6.45) is 0. The van der Waals surface area contributed by atoms with Crippen LogP contribution in [-0.2, 0) is 6.54 Å². The van der Waals surface area contributed by atoms with Crippen molar-refractivity contribution >= 4 is 23.2 Å². The van der Waals surface area contributed by atoms with Crippen molar-refractivity contribution < 1.29 is 14.2 Å². The Morgan fingerprint density at radius 3 is 2.90 bits per heavy atom. The number of hydrogen-bond acceptors (Lipinski definition) is 6. The number of halogens is 1. The van der Waals surface area contributed by atoms with E-state index >= 15 is 0 Å². The first-order valence-corrected chi connectivity index (χ1v) is 5.87. The van der Waals surface area contributed by atoms with Crippen LogP contribution in [0.15, 0.2) is 22.7 Å². The van der Waals surface area contributed by atoms with Crippen molar-refractivity contribution in [2.45, 2.75) is 13.5 Å². The molecule has 0 unspecified atom stereocenters. The van der Waals surface area contributed by atoms with Gasteiger partial charge in [-0.25, -0.2) is 0 Å². The maximum Gasteiger partial charge on any atom is 0.288 e. The number of nitrogens with one attached hydrogen (secondary N) is 1. The number of nitro benzene ring substituents is 1. The molecule has 0 saturated heterocycles. The predicted molar refractivity (Wildman–Crippen MR) is 68.3 cm³/mol. The van der Waals surface area contributed by atoms with E-state index < -0.39 is 10.8 Å². The summed E-state index contributed by atoms with van der Waals surface area (Å²) in [6, 6.07) is 4.00. The molecule has 0 radical (unpaired) electrons. The van der Waals surface area contributed by atoms with E-state index in [-0.39, 0.29) is 28.7 Å². The van der Waals surface area contributed by atoms with Crippen LogP contribution in [0.5, 0.6) is 0 Å². The Bertz CT molecular complexity index is 670. The summed E-state index contributed by atoms with van der Waals surface area (Å²) < 4.78 is 4.83. The summed E-state index contributed by atoms with van der Waals surface area (Å²) in [7, 11) is 0. The molecule has 2 aromatic rings. The standard InChI is InChI=1S/C11H9ClN4O4/c1-6-14-9(20-15-6)5-13-11(17)7-3-2-4-8(10(7)12)16(18)19/h2-4H,5H2,1H3,(H,13,17). The first-order valence-electron chi connectivity index (χ1n) is 5.49. The second-order valence-corrected chi connectivity index (χ2v) is 4.19. The highest BCUT2D eigenvalue weighted by atomic mass is 35.5. The molecule has 0 fully saturated rings. The zero-order valence-electron chi connectivity index (χ0n) is 10.3. The summed E-state index contributed by atoms with van der Waals surface area (Å²) in [5, 5.41) is 16.6. The van der Waals surface area contributed by atoms with E-state index in [1.165, 1.54) is 18.2 Å². The fraction of sp³-hybridized carbons (Fsp3) is 0.182. The third-order valence-corrected chi connectivity index (χ3v) is 2.79. The molecule has 1 aromatic carbocycles. The molecule has 1 heterocycles. The number of aryl methyl sites for hydroxylation is 1. The number of rotatable bonds is 4. The lowest BCUT2D eigenvalue weighted by Gasteiger charge is -2.04. The van der Waals surface area contributed by atoms with Crippen LogP contribution in [0, 0.1) is 17.0 Å². The van der Waals surface area contributed by atoms with E-state index in [1.807, 2.05) is 0 Å². The lowest BCUT2D eigenvalue weighted by Crippen LogP contribution is -2.23. The fourth-order valence-corrected chi connectivity index (χ4v) is 1.78. The third kappa shape index (κ3) is 2.91. The Balaban J connectivity index is 2.13. The maximum atomic E-state index is 11.9. The second kappa shape index (κ2) is 5.66.